The molecule has 34 heavy (non-hydrogen) atoms. The van der Waals surface area contributed by atoms with E-state index in [4.69, 9.17) is 11.2 Å². The van der Waals surface area contributed by atoms with Crippen LogP contribution in [0.15, 0.2) is 24.4 Å². The second-order valence-electron chi connectivity index (χ2n) is 8.94. The number of hydrogen-bond donors (Lipinski definition) is 2. The van der Waals surface area contributed by atoms with Crippen LogP contribution >= 0.6 is 0 Å². The quantitative estimate of drug-likeness (QED) is 0.478. The number of fused-ring (bicyclic) bond motifs is 1. The van der Waals surface area contributed by atoms with Crippen LogP contribution in [0.5, 0.6) is 0 Å². The summed E-state index contributed by atoms with van der Waals surface area (Å²) in [5.74, 6) is 3.60. The van der Waals surface area contributed by atoms with Gasteiger partial charge >= 0.3 is 0 Å². The fourth-order valence-electron chi connectivity index (χ4n) is 4.45. The number of nitrogens with one attached hydrogen (secondary N) is 2. The zero-order valence-electron chi connectivity index (χ0n) is 19.6. The van der Waals surface area contributed by atoms with E-state index in [0.717, 1.165) is 31.9 Å². The van der Waals surface area contributed by atoms with Crippen molar-refractivity contribution in [2.75, 3.05) is 46.4 Å². The predicted molar refractivity (Wildman–Crippen MR) is 129 cm³/mol. The first-order valence-corrected chi connectivity index (χ1v) is 11.9. The SMILES string of the molecule is C#CCN(C)C/C=C/C(=O)N1CCC(NC(=O)c2ccnc3nc(C4CCOCC4)[nH]c23)CC1. The topological polar surface area (TPSA) is 103 Å². The summed E-state index contributed by atoms with van der Waals surface area (Å²) in [6.07, 6.45) is 13.6. The molecule has 2 aliphatic heterocycles. The zero-order chi connectivity index (χ0) is 23.9. The van der Waals surface area contributed by atoms with Gasteiger partial charge in [-0.3, -0.25) is 14.5 Å². The fourth-order valence-corrected chi connectivity index (χ4v) is 4.45. The van der Waals surface area contributed by atoms with Gasteiger partial charge in [-0.2, -0.15) is 0 Å². The lowest BCUT2D eigenvalue weighted by Gasteiger charge is -2.31. The van der Waals surface area contributed by atoms with Crippen molar-refractivity contribution in [1.82, 2.24) is 30.1 Å². The molecular formula is C25H32N6O3. The highest BCUT2D eigenvalue weighted by atomic mass is 16.5. The van der Waals surface area contributed by atoms with Gasteiger partial charge in [-0.15, -0.1) is 6.42 Å². The summed E-state index contributed by atoms with van der Waals surface area (Å²) in [4.78, 5) is 41.6. The Morgan fingerprint density at radius 3 is 2.82 bits per heavy atom. The number of pyridine rings is 1. The molecule has 0 unspecified atom stereocenters. The fraction of sp³-hybridized carbons (Fsp3) is 0.520. The number of carbonyl (C=O) groups is 2. The molecule has 180 valence electrons. The summed E-state index contributed by atoms with van der Waals surface area (Å²) in [6.45, 7) is 3.84. The Hall–Kier alpha value is -3.22. The number of piperidine rings is 1. The Bertz CT molecular complexity index is 1070. The Labute approximate surface area is 199 Å². The van der Waals surface area contributed by atoms with E-state index >= 15 is 0 Å². The van der Waals surface area contributed by atoms with Crippen LogP contribution in [0.3, 0.4) is 0 Å². The number of aromatic amines is 1. The van der Waals surface area contributed by atoms with Crippen LogP contribution in [0.25, 0.3) is 11.2 Å². The Morgan fingerprint density at radius 2 is 2.09 bits per heavy atom. The van der Waals surface area contributed by atoms with Crippen molar-refractivity contribution in [3.8, 4) is 12.3 Å². The molecule has 0 spiro atoms. The molecule has 2 aromatic heterocycles. The Kier molecular flexibility index (Phi) is 7.93. The number of imidazole rings is 1. The van der Waals surface area contributed by atoms with Gasteiger partial charge in [-0.05, 0) is 38.8 Å². The summed E-state index contributed by atoms with van der Waals surface area (Å²) in [5, 5.41) is 3.13. The van der Waals surface area contributed by atoms with E-state index in [1.54, 1.807) is 18.3 Å². The van der Waals surface area contributed by atoms with Gasteiger partial charge in [0.25, 0.3) is 5.91 Å². The largest absolute Gasteiger partial charge is 0.381 e. The van der Waals surface area contributed by atoms with Gasteiger partial charge in [0.1, 0.15) is 5.82 Å². The van der Waals surface area contributed by atoms with E-state index in [0.29, 0.717) is 61.7 Å². The standard InChI is InChI=1S/C25H32N6O3/c1-3-12-30(2)13-4-5-21(32)31-14-7-19(8-15-31)27-25(33)20-6-11-26-24-22(20)28-23(29-24)18-9-16-34-17-10-18/h1,4-6,11,18-19H,7-10,12-17H2,2H3,(H,27,33)(H,26,28,29)/b5-4+. The molecule has 0 saturated carbocycles. The first-order valence-electron chi connectivity index (χ1n) is 11.9. The molecule has 2 fully saturated rings. The Balaban J connectivity index is 1.32. The molecule has 2 amide bonds. The number of amides is 2. The van der Waals surface area contributed by atoms with Gasteiger partial charge in [0, 0.05) is 57.1 Å². The number of ether oxygens (including phenoxy) is 1. The number of carbonyl (C=O) groups excluding carboxylic acids is 2. The average molecular weight is 465 g/mol. The average Bonchev–Trinajstić information content (AvgIpc) is 3.30. The second-order valence-corrected chi connectivity index (χ2v) is 8.94. The van der Waals surface area contributed by atoms with E-state index in [1.807, 2.05) is 22.9 Å². The lowest BCUT2D eigenvalue weighted by molar-refractivity contribution is -0.127. The number of hydrogen-bond acceptors (Lipinski definition) is 6. The monoisotopic (exact) mass is 464 g/mol. The molecule has 0 atom stereocenters. The predicted octanol–water partition coefficient (Wildman–Crippen LogP) is 1.69. The molecule has 9 nitrogen and oxygen atoms in total. The minimum absolute atomic E-state index is 0.00664. The van der Waals surface area contributed by atoms with Crippen molar-refractivity contribution in [3.63, 3.8) is 0 Å². The molecule has 0 aromatic carbocycles. The van der Waals surface area contributed by atoms with Gasteiger partial charge in [-0.1, -0.05) is 12.0 Å². The van der Waals surface area contributed by atoms with Gasteiger partial charge < -0.3 is 19.9 Å². The van der Waals surface area contributed by atoms with E-state index in [1.165, 1.54) is 0 Å². The van der Waals surface area contributed by atoms with E-state index < -0.39 is 0 Å². The third-order valence-corrected chi connectivity index (χ3v) is 6.44. The maximum atomic E-state index is 13.1. The molecule has 4 heterocycles. The summed E-state index contributed by atoms with van der Waals surface area (Å²) in [7, 11) is 1.91. The van der Waals surface area contributed by atoms with Gasteiger partial charge in [0.05, 0.1) is 17.6 Å². The highest BCUT2D eigenvalue weighted by Gasteiger charge is 2.25. The molecule has 2 saturated heterocycles. The molecule has 4 rings (SSSR count). The van der Waals surface area contributed by atoms with Crippen LogP contribution < -0.4 is 5.32 Å². The number of likely N-dealkylation sites (tertiary alicyclic amines) is 1. The van der Waals surface area contributed by atoms with Crippen LogP contribution in [-0.4, -0.2) is 89.0 Å². The van der Waals surface area contributed by atoms with Crippen LogP contribution in [-0.2, 0) is 9.53 Å². The van der Waals surface area contributed by atoms with Crippen molar-refractivity contribution >= 4 is 23.0 Å². The maximum absolute atomic E-state index is 13.1. The number of aromatic nitrogens is 3. The summed E-state index contributed by atoms with van der Waals surface area (Å²) < 4.78 is 5.44. The van der Waals surface area contributed by atoms with Crippen molar-refractivity contribution in [2.45, 2.75) is 37.6 Å². The van der Waals surface area contributed by atoms with E-state index in [2.05, 4.69) is 26.2 Å². The normalized spacial score (nSPS) is 18.0. The van der Waals surface area contributed by atoms with Gasteiger partial charge in [0.15, 0.2) is 5.65 Å². The van der Waals surface area contributed by atoms with E-state index in [-0.39, 0.29) is 17.9 Å². The first-order chi connectivity index (χ1) is 16.5. The lowest BCUT2D eigenvalue weighted by atomic mass is 10.00. The van der Waals surface area contributed by atoms with Crippen LogP contribution in [0.1, 0.15) is 47.8 Å². The number of rotatable bonds is 7. The molecular weight excluding hydrogens is 432 g/mol. The number of nitrogens with zero attached hydrogens (tertiary/aromatic N) is 4. The molecule has 2 N–H and O–H groups in total. The molecule has 2 aromatic rings. The number of likely N-dealkylation sites (N-methyl/N-ethyl adjacent to an activating group) is 1. The smallest absolute Gasteiger partial charge is 0.253 e. The molecule has 2 aliphatic rings. The third-order valence-electron chi connectivity index (χ3n) is 6.44. The molecule has 0 radical (unpaired) electrons. The van der Waals surface area contributed by atoms with Crippen LogP contribution in [0.4, 0.5) is 0 Å². The minimum Gasteiger partial charge on any atom is -0.381 e. The lowest BCUT2D eigenvalue weighted by Crippen LogP contribution is -2.46. The summed E-state index contributed by atoms with van der Waals surface area (Å²) in [5.41, 5.74) is 1.79. The highest BCUT2D eigenvalue weighted by Crippen LogP contribution is 2.27. The summed E-state index contributed by atoms with van der Waals surface area (Å²) >= 11 is 0. The van der Waals surface area contributed by atoms with Crippen LogP contribution in [0.2, 0.25) is 0 Å². The van der Waals surface area contributed by atoms with Gasteiger partial charge in [0.2, 0.25) is 5.91 Å². The Morgan fingerprint density at radius 1 is 1.32 bits per heavy atom. The first kappa shape index (κ1) is 23.9. The third kappa shape index (κ3) is 5.82. The second kappa shape index (κ2) is 11.3. The van der Waals surface area contributed by atoms with Crippen molar-refractivity contribution in [2.24, 2.45) is 0 Å². The van der Waals surface area contributed by atoms with Gasteiger partial charge in [-0.25, -0.2) is 9.97 Å². The summed E-state index contributed by atoms with van der Waals surface area (Å²) in [6, 6.07) is 1.74. The molecule has 0 aliphatic carbocycles. The van der Waals surface area contributed by atoms with E-state index in [9.17, 15) is 9.59 Å². The number of terminal acetylenes is 1. The van der Waals surface area contributed by atoms with Crippen molar-refractivity contribution in [3.05, 3.63) is 35.8 Å². The molecule has 9 heteroatoms. The molecule has 0 bridgehead atoms. The highest BCUT2D eigenvalue weighted by molar-refractivity contribution is 6.04. The van der Waals surface area contributed by atoms with Crippen molar-refractivity contribution in [1.29, 1.82) is 0 Å². The maximum Gasteiger partial charge on any atom is 0.253 e. The minimum atomic E-state index is -0.143. The van der Waals surface area contributed by atoms with Crippen molar-refractivity contribution < 1.29 is 14.3 Å². The van der Waals surface area contributed by atoms with Crippen LogP contribution in [0, 0.1) is 12.3 Å². The number of H-pyrrole nitrogens is 1. The zero-order valence-corrected chi connectivity index (χ0v) is 19.6.